The molecule has 0 bridgehead atoms. The molecule has 8 heteroatoms. The van der Waals surface area contributed by atoms with Crippen molar-refractivity contribution in [1.82, 2.24) is 10.6 Å². The zero-order valence-corrected chi connectivity index (χ0v) is 18.5. The fourth-order valence-corrected chi connectivity index (χ4v) is 2.77. The Morgan fingerprint density at radius 2 is 1.79 bits per heavy atom. The molecule has 2 aromatic carbocycles. The van der Waals surface area contributed by atoms with Crippen LogP contribution in [0.4, 0.5) is 4.39 Å². The first-order valence-electron chi connectivity index (χ1n) is 8.79. The highest BCUT2D eigenvalue weighted by Gasteiger charge is 2.12. The average molecular weight is 454 g/mol. The molecule has 0 radical (unpaired) electrons. The van der Waals surface area contributed by atoms with Gasteiger partial charge in [-0.05, 0) is 44.3 Å². The van der Waals surface area contributed by atoms with E-state index in [4.69, 9.17) is 21.1 Å². The van der Waals surface area contributed by atoms with Crippen molar-refractivity contribution in [1.29, 1.82) is 0 Å². The Morgan fingerprint density at radius 1 is 1.04 bits per heavy atom. The second kappa shape index (κ2) is 14.7. The summed E-state index contributed by atoms with van der Waals surface area (Å²) in [5.41, 5.74) is 1.73. The minimum atomic E-state index is -0.363. The van der Waals surface area contributed by atoms with Gasteiger partial charge < -0.3 is 20.1 Å². The molecular formula is C20H28Cl3FN2O2. The van der Waals surface area contributed by atoms with E-state index in [9.17, 15) is 4.39 Å². The van der Waals surface area contributed by atoms with Crippen LogP contribution in [-0.4, -0.2) is 26.7 Å². The fraction of sp³-hybridized carbons (Fsp3) is 0.400. The Kier molecular flexibility index (Phi) is 14.1. The zero-order valence-electron chi connectivity index (χ0n) is 16.1. The Labute approximate surface area is 184 Å². The van der Waals surface area contributed by atoms with E-state index >= 15 is 0 Å². The minimum absolute atomic E-state index is 0. The summed E-state index contributed by atoms with van der Waals surface area (Å²) in [5.74, 6) is 0.975. The van der Waals surface area contributed by atoms with Gasteiger partial charge in [0.1, 0.15) is 12.4 Å². The predicted octanol–water partition coefficient (Wildman–Crippen LogP) is 5.00. The number of methoxy groups -OCH3 is 1. The van der Waals surface area contributed by atoms with E-state index in [2.05, 4.69) is 17.6 Å². The first-order chi connectivity index (χ1) is 12.7. The molecule has 2 aromatic rings. The molecular weight excluding hydrogens is 426 g/mol. The van der Waals surface area contributed by atoms with E-state index in [0.29, 0.717) is 23.1 Å². The molecule has 0 unspecified atom stereocenters. The minimum Gasteiger partial charge on any atom is -0.493 e. The van der Waals surface area contributed by atoms with Gasteiger partial charge in [0.15, 0.2) is 11.5 Å². The summed E-state index contributed by atoms with van der Waals surface area (Å²) in [5, 5.41) is 7.07. The molecule has 0 saturated heterocycles. The second-order valence-corrected chi connectivity index (χ2v) is 6.26. The highest BCUT2D eigenvalue weighted by atomic mass is 35.5. The van der Waals surface area contributed by atoms with Gasteiger partial charge in [-0.2, -0.15) is 0 Å². The molecule has 158 valence electrons. The lowest BCUT2D eigenvalue weighted by Gasteiger charge is -2.16. The lowest BCUT2D eigenvalue weighted by molar-refractivity contribution is 0.280. The van der Waals surface area contributed by atoms with Crippen molar-refractivity contribution in [3.63, 3.8) is 0 Å². The van der Waals surface area contributed by atoms with Crippen molar-refractivity contribution in [2.75, 3.05) is 26.7 Å². The molecule has 4 nitrogen and oxygen atoms in total. The van der Waals surface area contributed by atoms with Gasteiger partial charge in [-0.3, -0.25) is 0 Å². The summed E-state index contributed by atoms with van der Waals surface area (Å²) in [6.45, 7) is 5.91. The van der Waals surface area contributed by atoms with Gasteiger partial charge in [0.05, 0.1) is 12.1 Å². The molecule has 0 heterocycles. The number of hydrogen-bond acceptors (Lipinski definition) is 4. The van der Waals surface area contributed by atoms with E-state index in [1.807, 2.05) is 18.2 Å². The number of rotatable bonds is 11. The third kappa shape index (κ3) is 8.41. The first kappa shape index (κ1) is 26.8. The highest BCUT2D eigenvalue weighted by Crippen LogP contribution is 2.32. The predicted molar refractivity (Wildman–Crippen MR) is 118 cm³/mol. The molecule has 28 heavy (non-hydrogen) atoms. The molecule has 0 saturated carbocycles. The largest absolute Gasteiger partial charge is 0.493 e. The van der Waals surface area contributed by atoms with Crippen LogP contribution >= 0.6 is 36.4 Å². The molecule has 0 aromatic heterocycles. The normalized spacial score (nSPS) is 10.0. The van der Waals surface area contributed by atoms with Crippen LogP contribution in [-0.2, 0) is 13.2 Å². The molecule has 0 amide bonds. The van der Waals surface area contributed by atoms with Crippen LogP contribution in [0.3, 0.4) is 0 Å². The second-order valence-electron chi connectivity index (χ2n) is 5.86. The first-order valence-corrected chi connectivity index (χ1v) is 9.17. The Balaban J connectivity index is 0.00000364. The molecule has 0 aliphatic carbocycles. The summed E-state index contributed by atoms with van der Waals surface area (Å²) < 4.78 is 24.6. The van der Waals surface area contributed by atoms with Crippen LogP contribution in [0.2, 0.25) is 5.02 Å². The smallest absolute Gasteiger partial charge is 0.166 e. The van der Waals surface area contributed by atoms with Crippen LogP contribution in [0.15, 0.2) is 36.4 Å². The highest BCUT2D eigenvalue weighted by molar-refractivity contribution is 6.31. The van der Waals surface area contributed by atoms with E-state index in [0.717, 1.165) is 37.2 Å². The number of benzene rings is 2. The van der Waals surface area contributed by atoms with E-state index < -0.39 is 0 Å². The van der Waals surface area contributed by atoms with Gasteiger partial charge in [0.25, 0.3) is 0 Å². The maximum absolute atomic E-state index is 13.2. The van der Waals surface area contributed by atoms with Crippen molar-refractivity contribution in [3.8, 4) is 11.5 Å². The lowest BCUT2D eigenvalue weighted by atomic mass is 10.1. The topological polar surface area (TPSA) is 42.5 Å². The molecule has 0 atom stereocenters. The maximum atomic E-state index is 13.2. The molecule has 2 rings (SSSR count). The monoisotopic (exact) mass is 452 g/mol. The molecule has 0 spiro atoms. The van der Waals surface area contributed by atoms with Crippen molar-refractivity contribution < 1.29 is 13.9 Å². The molecule has 0 aliphatic rings. The van der Waals surface area contributed by atoms with Gasteiger partial charge in [-0.15, -0.1) is 24.8 Å². The van der Waals surface area contributed by atoms with Crippen molar-refractivity contribution >= 4 is 36.4 Å². The van der Waals surface area contributed by atoms with E-state index in [-0.39, 0.29) is 37.2 Å². The molecule has 0 aliphatic heterocycles. The lowest BCUT2D eigenvalue weighted by Crippen LogP contribution is -2.21. The number of halogens is 4. The molecule has 0 fully saturated rings. The summed E-state index contributed by atoms with van der Waals surface area (Å²) in [7, 11) is 1.61. The Hall–Kier alpha value is -1.24. The third-order valence-corrected chi connectivity index (χ3v) is 4.29. The quantitative estimate of drug-likeness (QED) is 0.470. The number of para-hydroxylation sites is 1. The van der Waals surface area contributed by atoms with Crippen LogP contribution < -0.4 is 20.1 Å². The van der Waals surface area contributed by atoms with E-state index in [1.165, 1.54) is 12.1 Å². The maximum Gasteiger partial charge on any atom is 0.166 e. The SMILES string of the molecule is CCNCCCNCc1cccc(OC)c1OCc1ccc(F)cc1Cl.Cl.Cl. The number of hydrogen-bond donors (Lipinski definition) is 2. The summed E-state index contributed by atoms with van der Waals surface area (Å²) in [4.78, 5) is 0. The summed E-state index contributed by atoms with van der Waals surface area (Å²) in [6, 6.07) is 10.1. The van der Waals surface area contributed by atoms with Gasteiger partial charge >= 0.3 is 0 Å². The fourth-order valence-electron chi connectivity index (χ4n) is 2.55. The Bertz CT molecular complexity index is 705. The van der Waals surface area contributed by atoms with Crippen LogP contribution in [0.5, 0.6) is 11.5 Å². The zero-order chi connectivity index (χ0) is 18.8. The van der Waals surface area contributed by atoms with E-state index in [1.54, 1.807) is 13.2 Å². The molecule has 2 N–H and O–H groups in total. The van der Waals surface area contributed by atoms with Crippen molar-refractivity contribution in [3.05, 3.63) is 58.4 Å². The van der Waals surface area contributed by atoms with Crippen LogP contribution in [0, 0.1) is 5.82 Å². The summed E-state index contributed by atoms with van der Waals surface area (Å²) >= 11 is 6.08. The number of ether oxygens (including phenoxy) is 2. The van der Waals surface area contributed by atoms with Crippen LogP contribution in [0.25, 0.3) is 0 Å². The van der Waals surface area contributed by atoms with Gasteiger partial charge in [0.2, 0.25) is 0 Å². The van der Waals surface area contributed by atoms with Gasteiger partial charge in [0, 0.05) is 17.7 Å². The Morgan fingerprint density at radius 3 is 2.46 bits per heavy atom. The average Bonchev–Trinajstić information content (AvgIpc) is 2.64. The standard InChI is InChI=1S/C20H26ClFN2O2.2ClH/c1-3-23-10-5-11-24-13-15-6-4-7-19(25-2)20(15)26-14-16-8-9-17(22)12-18(16)21;;/h4,6-9,12,23-24H,3,5,10-11,13-14H2,1-2H3;2*1H. The van der Waals surface area contributed by atoms with Gasteiger partial charge in [-0.25, -0.2) is 4.39 Å². The summed E-state index contributed by atoms with van der Waals surface area (Å²) in [6.07, 6.45) is 1.05. The number of nitrogens with one attached hydrogen (secondary N) is 2. The third-order valence-electron chi connectivity index (χ3n) is 3.94. The van der Waals surface area contributed by atoms with Crippen molar-refractivity contribution in [2.45, 2.75) is 26.5 Å². The van der Waals surface area contributed by atoms with Crippen LogP contribution in [0.1, 0.15) is 24.5 Å². The van der Waals surface area contributed by atoms with Gasteiger partial charge in [-0.1, -0.05) is 36.7 Å². The van der Waals surface area contributed by atoms with Crippen molar-refractivity contribution in [2.24, 2.45) is 0 Å².